The molecule has 0 saturated carbocycles. The largest absolute Gasteiger partial charge is 0.481 e. The lowest BCUT2D eigenvalue weighted by molar-refractivity contribution is -0.141. The molecule has 0 aliphatic carbocycles. The van der Waals surface area contributed by atoms with E-state index in [1.165, 1.54) is 17.0 Å². The highest BCUT2D eigenvalue weighted by molar-refractivity contribution is 5.98. The molecule has 24 heavy (non-hydrogen) atoms. The number of carbonyl (C=O) groups excluding carboxylic acids is 1. The molecule has 0 unspecified atom stereocenters. The van der Waals surface area contributed by atoms with Gasteiger partial charge in [-0.15, -0.1) is 12.4 Å². The highest BCUT2D eigenvalue weighted by atomic mass is 35.5. The van der Waals surface area contributed by atoms with Crippen LogP contribution in [0.3, 0.4) is 0 Å². The number of fused-ring (bicyclic) bond motifs is 1. The average Bonchev–Trinajstić information content (AvgIpc) is 3.04. The molecule has 0 spiro atoms. The van der Waals surface area contributed by atoms with E-state index in [1.54, 1.807) is 12.1 Å². The van der Waals surface area contributed by atoms with Gasteiger partial charge >= 0.3 is 5.97 Å². The average molecular weight is 353 g/mol. The van der Waals surface area contributed by atoms with Gasteiger partial charge in [0.1, 0.15) is 11.3 Å². The number of benzene rings is 1. The molecule has 7 nitrogen and oxygen atoms in total. The van der Waals surface area contributed by atoms with E-state index in [0.717, 1.165) is 0 Å². The number of halogens is 1. The van der Waals surface area contributed by atoms with Crippen molar-refractivity contribution >= 4 is 35.3 Å². The number of rotatable bonds is 3. The number of carbonyl (C=O) groups is 2. The Morgan fingerprint density at radius 1 is 1.33 bits per heavy atom. The summed E-state index contributed by atoms with van der Waals surface area (Å²) in [4.78, 5) is 37.0. The lowest BCUT2D eigenvalue weighted by atomic mass is 10.1. The van der Waals surface area contributed by atoms with Crippen LogP contribution in [0.2, 0.25) is 0 Å². The highest BCUT2D eigenvalue weighted by Crippen LogP contribution is 2.21. The number of aliphatic carboxylic acids is 1. The predicted octanol–water partition coefficient (Wildman–Crippen LogP) is 1.22. The molecule has 8 heteroatoms. The molecule has 2 heterocycles. The maximum absolute atomic E-state index is 12.5. The fraction of sp³-hybridized carbons (Fsp3) is 0.312. The van der Waals surface area contributed by atoms with E-state index in [-0.39, 0.29) is 36.8 Å². The molecule has 1 fully saturated rings. The van der Waals surface area contributed by atoms with Crippen LogP contribution in [0, 0.1) is 5.92 Å². The SMILES string of the molecule is Cl.NCc1cc(=O)c2cc(C(=O)N3CC[C@H](C(=O)O)C3)ccc2o1. The quantitative estimate of drug-likeness (QED) is 0.858. The first-order chi connectivity index (χ1) is 11.0. The van der Waals surface area contributed by atoms with Gasteiger partial charge in [0.2, 0.25) is 0 Å². The van der Waals surface area contributed by atoms with Crippen LogP contribution in [-0.2, 0) is 11.3 Å². The smallest absolute Gasteiger partial charge is 0.308 e. The van der Waals surface area contributed by atoms with E-state index in [9.17, 15) is 14.4 Å². The summed E-state index contributed by atoms with van der Waals surface area (Å²) in [6.07, 6.45) is 0.441. The van der Waals surface area contributed by atoms with Crippen LogP contribution < -0.4 is 11.2 Å². The Morgan fingerprint density at radius 2 is 2.08 bits per heavy atom. The van der Waals surface area contributed by atoms with Crippen LogP contribution in [0.4, 0.5) is 0 Å². The van der Waals surface area contributed by atoms with Gasteiger partial charge in [0.05, 0.1) is 17.8 Å². The summed E-state index contributed by atoms with van der Waals surface area (Å²) in [6, 6.07) is 5.93. The van der Waals surface area contributed by atoms with E-state index in [4.69, 9.17) is 15.3 Å². The molecular weight excluding hydrogens is 336 g/mol. The first kappa shape index (κ1) is 18.0. The van der Waals surface area contributed by atoms with Crippen LogP contribution in [0.15, 0.2) is 33.5 Å². The van der Waals surface area contributed by atoms with Gasteiger partial charge in [0, 0.05) is 24.7 Å². The summed E-state index contributed by atoms with van der Waals surface area (Å²) in [5.41, 5.74) is 5.93. The second-order valence-electron chi connectivity index (χ2n) is 5.57. The lowest BCUT2D eigenvalue weighted by Gasteiger charge is -2.16. The van der Waals surface area contributed by atoms with Crippen molar-refractivity contribution in [3.05, 3.63) is 45.8 Å². The fourth-order valence-electron chi connectivity index (χ4n) is 2.77. The van der Waals surface area contributed by atoms with Crippen molar-refractivity contribution in [2.75, 3.05) is 13.1 Å². The third-order valence-electron chi connectivity index (χ3n) is 4.05. The minimum Gasteiger partial charge on any atom is -0.481 e. The number of hydrogen-bond donors (Lipinski definition) is 2. The highest BCUT2D eigenvalue weighted by Gasteiger charge is 2.31. The summed E-state index contributed by atoms with van der Waals surface area (Å²) in [5.74, 6) is -1.33. The Labute approximate surface area is 143 Å². The summed E-state index contributed by atoms with van der Waals surface area (Å²) in [6.45, 7) is 0.706. The fourth-order valence-corrected chi connectivity index (χ4v) is 2.77. The number of carboxylic acid groups (broad SMARTS) is 1. The third-order valence-corrected chi connectivity index (χ3v) is 4.05. The van der Waals surface area contributed by atoms with Gasteiger partial charge in [-0.05, 0) is 24.6 Å². The van der Waals surface area contributed by atoms with Crippen molar-refractivity contribution in [1.29, 1.82) is 0 Å². The monoisotopic (exact) mass is 352 g/mol. The summed E-state index contributed by atoms with van der Waals surface area (Å²) < 4.78 is 5.47. The van der Waals surface area contributed by atoms with E-state index in [2.05, 4.69) is 0 Å². The molecule has 1 atom stereocenters. The van der Waals surface area contributed by atoms with E-state index >= 15 is 0 Å². The maximum atomic E-state index is 12.5. The molecule has 1 aromatic heterocycles. The molecule has 1 saturated heterocycles. The van der Waals surface area contributed by atoms with Crippen LogP contribution >= 0.6 is 12.4 Å². The van der Waals surface area contributed by atoms with Crippen molar-refractivity contribution in [2.45, 2.75) is 13.0 Å². The van der Waals surface area contributed by atoms with Gasteiger partial charge in [-0.3, -0.25) is 14.4 Å². The molecule has 128 valence electrons. The third kappa shape index (κ3) is 3.27. The van der Waals surface area contributed by atoms with Crippen molar-refractivity contribution in [3.8, 4) is 0 Å². The van der Waals surface area contributed by atoms with E-state index in [1.807, 2.05) is 0 Å². The zero-order valence-corrected chi connectivity index (χ0v) is 13.5. The standard InChI is InChI=1S/C16H16N2O5.ClH/c17-7-11-6-13(19)12-5-9(1-2-14(12)23-11)15(20)18-4-3-10(8-18)16(21)22;/h1-2,5-6,10H,3-4,7-8,17H2,(H,21,22);1H/t10-;/m0./s1. The number of carboxylic acids is 1. The van der Waals surface area contributed by atoms with Gasteiger partial charge in [0.25, 0.3) is 5.91 Å². The topological polar surface area (TPSA) is 114 Å². The van der Waals surface area contributed by atoms with E-state index in [0.29, 0.717) is 35.3 Å². The summed E-state index contributed by atoms with van der Waals surface area (Å²) in [5, 5.41) is 9.32. The van der Waals surface area contributed by atoms with Crippen LogP contribution in [-0.4, -0.2) is 35.0 Å². The predicted molar refractivity (Wildman–Crippen MR) is 89.3 cm³/mol. The Morgan fingerprint density at radius 3 is 2.71 bits per heavy atom. The Bertz CT molecular complexity index is 848. The second kappa shape index (κ2) is 7.02. The van der Waals surface area contributed by atoms with Crippen molar-refractivity contribution in [1.82, 2.24) is 4.90 Å². The molecule has 0 bridgehead atoms. The van der Waals surface area contributed by atoms with Gasteiger partial charge < -0.3 is 20.2 Å². The molecule has 3 rings (SSSR count). The second-order valence-corrected chi connectivity index (χ2v) is 5.57. The van der Waals surface area contributed by atoms with E-state index < -0.39 is 11.9 Å². The zero-order valence-electron chi connectivity index (χ0n) is 12.7. The molecule has 1 aromatic carbocycles. The number of nitrogens with two attached hydrogens (primary N) is 1. The maximum Gasteiger partial charge on any atom is 0.308 e. The molecule has 1 aliphatic heterocycles. The first-order valence-corrected chi connectivity index (χ1v) is 7.28. The minimum absolute atomic E-state index is 0. The van der Waals surface area contributed by atoms with Crippen molar-refractivity contribution in [3.63, 3.8) is 0 Å². The lowest BCUT2D eigenvalue weighted by Crippen LogP contribution is -2.30. The van der Waals surface area contributed by atoms with Crippen LogP contribution in [0.5, 0.6) is 0 Å². The molecule has 1 amide bonds. The molecule has 2 aromatic rings. The number of nitrogens with zero attached hydrogens (tertiary/aromatic N) is 1. The Kier molecular flexibility index (Phi) is 5.26. The number of amides is 1. The number of likely N-dealkylation sites (tertiary alicyclic amines) is 1. The normalized spacial score (nSPS) is 16.9. The van der Waals surface area contributed by atoms with Crippen LogP contribution in [0.25, 0.3) is 11.0 Å². The minimum atomic E-state index is -0.895. The zero-order chi connectivity index (χ0) is 16.6. The van der Waals surface area contributed by atoms with Gasteiger partial charge in [-0.1, -0.05) is 0 Å². The number of hydrogen-bond acceptors (Lipinski definition) is 5. The molecule has 3 N–H and O–H groups in total. The van der Waals surface area contributed by atoms with Crippen LogP contribution in [0.1, 0.15) is 22.5 Å². The van der Waals surface area contributed by atoms with Crippen molar-refractivity contribution in [2.24, 2.45) is 11.7 Å². The summed E-state index contributed by atoms with van der Waals surface area (Å²) in [7, 11) is 0. The Balaban J connectivity index is 0.00000208. The molecular formula is C16H17ClN2O5. The van der Waals surface area contributed by atoms with Gasteiger partial charge in [0.15, 0.2) is 5.43 Å². The molecule has 1 aliphatic rings. The van der Waals surface area contributed by atoms with Gasteiger partial charge in [-0.25, -0.2) is 0 Å². The Hall–Kier alpha value is -2.38. The summed E-state index contributed by atoms with van der Waals surface area (Å²) >= 11 is 0. The van der Waals surface area contributed by atoms with Gasteiger partial charge in [-0.2, -0.15) is 0 Å². The molecule has 0 radical (unpaired) electrons. The van der Waals surface area contributed by atoms with Crippen molar-refractivity contribution < 1.29 is 19.1 Å². The first-order valence-electron chi connectivity index (χ1n) is 7.28.